The second-order valence-electron chi connectivity index (χ2n) is 14.4. The van der Waals surface area contributed by atoms with Gasteiger partial charge >= 0.3 is 0 Å². The number of nitrogens with zero attached hydrogens (tertiary/aromatic N) is 1. The third-order valence-electron chi connectivity index (χ3n) is 6.73. The standard InChI is InChI=1S/C34H41NO/c1-32(2,3)18-21-10-11-25-24(14-21)17-26-30-29-23(12-13-35-30)15-22(19-33(4,5)6)16-28(29)36-31(26)27(25)20-34(7,8)9/h10-17H,18-20H2,1-9H3/i13D. The van der Waals surface area contributed by atoms with E-state index in [9.17, 15) is 0 Å². The van der Waals surface area contributed by atoms with E-state index in [0.717, 1.165) is 52.8 Å². The smallest absolute Gasteiger partial charge is 0.140 e. The van der Waals surface area contributed by atoms with Gasteiger partial charge in [0, 0.05) is 17.3 Å². The summed E-state index contributed by atoms with van der Waals surface area (Å²) in [6.45, 7) is 20.5. The summed E-state index contributed by atoms with van der Waals surface area (Å²) in [7, 11) is 0. The van der Waals surface area contributed by atoms with Gasteiger partial charge in [-0.05, 0) is 81.0 Å². The van der Waals surface area contributed by atoms with Crippen molar-refractivity contribution in [3.63, 3.8) is 0 Å². The second-order valence-corrected chi connectivity index (χ2v) is 14.4. The van der Waals surface area contributed by atoms with Gasteiger partial charge in [0.25, 0.3) is 0 Å². The molecule has 2 heterocycles. The molecule has 2 heteroatoms. The molecular formula is C34H41NO. The van der Waals surface area contributed by atoms with E-state index in [1.54, 1.807) is 0 Å². The zero-order valence-corrected chi connectivity index (χ0v) is 23.5. The highest BCUT2D eigenvalue weighted by Gasteiger charge is 2.28. The van der Waals surface area contributed by atoms with E-state index in [4.69, 9.17) is 11.1 Å². The van der Waals surface area contributed by atoms with Gasteiger partial charge in [-0.1, -0.05) is 86.6 Å². The maximum Gasteiger partial charge on any atom is 0.140 e. The summed E-state index contributed by atoms with van der Waals surface area (Å²) >= 11 is 0. The SMILES string of the molecule is [2H]c1cc2cc(CC(C)(C)C)cc3c2c(n1)-c1cc2cc(CC(C)(C)C)ccc2c(CC(C)(C)C)c1O3. The summed E-state index contributed by atoms with van der Waals surface area (Å²) in [5, 5.41) is 4.53. The fraction of sp³-hybridized carbons (Fsp3) is 0.441. The van der Waals surface area contributed by atoms with Crippen LogP contribution in [0.3, 0.4) is 0 Å². The van der Waals surface area contributed by atoms with Crippen molar-refractivity contribution in [2.24, 2.45) is 16.2 Å². The van der Waals surface area contributed by atoms with Crippen LogP contribution in [0.15, 0.2) is 48.6 Å². The van der Waals surface area contributed by atoms with Gasteiger partial charge in [0.2, 0.25) is 0 Å². The van der Waals surface area contributed by atoms with Crippen LogP contribution >= 0.6 is 0 Å². The fourth-order valence-electron chi connectivity index (χ4n) is 5.62. The third kappa shape index (κ3) is 5.01. The average molecular weight is 481 g/mol. The zero-order valence-electron chi connectivity index (χ0n) is 24.5. The molecule has 1 aromatic heterocycles. The number of pyridine rings is 1. The van der Waals surface area contributed by atoms with Gasteiger partial charge in [-0.3, -0.25) is 4.98 Å². The second kappa shape index (κ2) is 8.33. The van der Waals surface area contributed by atoms with Crippen LogP contribution in [-0.2, 0) is 19.3 Å². The number of hydrogen-bond acceptors (Lipinski definition) is 2. The molecule has 4 aromatic rings. The molecule has 2 nitrogen and oxygen atoms in total. The number of hydrogen-bond donors (Lipinski definition) is 0. The van der Waals surface area contributed by atoms with Crippen molar-refractivity contribution in [3.05, 3.63) is 65.3 Å². The molecule has 3 aromatic carbocycles. The molecule has 0 saturated heterocycles. The molecule has 0 saturated carbocycles. The zero-order chi connectivity index (χ0) is 26.9. The Morgan fingerprint density at radius 3 is 2.03 bits per heavy atom. The number of ether oxygens (including phenoxy) is 1. The fourth-order valence-corrected chi connectivity index (χ4v) is 5.62. The van der Waals surface area contributed by atoms with Crippen LogP contribution in [0.25, 0.3) is 32.8 Å². The lowest BCUT2D eigenvalue weighted by Crippen LogP contribution is -2.13. The van der Waals surface area contributed by atoms with Gasteiger partial charge in [0.1, 0.15) is 11.5 Å². The molecule has 0 spiro atoms. The monoisotopic (exact) mass is 480 g/mol. The molecule has 0 N–H and O–H groups in total. The first-order valence-corrected chi connectivity index (χ1v) is 13.3. The average Bonchev–Trinajstić information content (AvgIpc) is 2.70. The van der Waals surface area contributed by atoms with Crippen molar-refractivity contribution >= 4 is 21.5 Å². The number of aromatic nitrogens is 1. The predicted molar refractivity (Wildman–Crippen MR) is 154 cm³/mol. The van der Waals surface area contributed by atoms with E-state index in [1.165, 1.54) is 27.5 Å². The predicted octanol–water partition coefficient (Wildman–Crippen LogP) is 9.93. The van der Waals surface area contributed by atoms with Gasteiger partial charge < -0.3 is 4.74 Å². The van der Waals surface area contributed by atoms with Crippen molar-refractivity contribution < 1.29 is 6.11 Å². The minimum absolute atomic E-state index is 0.0872. The molecule has 0 unspecified atom stereocenters. The van der Waals surface area contributed by atoms with Crippen LogP contribution in [-0.4, -0.2) is 4.98 Å². The highest BCUT2D eigenvalue weighted by molar-refractivity contribution is 6.06. The van der Waals surface area contributed by atoms with Gasteiger partial charge in [0.15, 0.2) is 0 Å². The molecule has 0 radical (unpaired) electrons. The van der Waals surface area contributed by atoms with Gasteiger partial charge in [0.05, 0.1) is 12.5 Å². The largest absolute Gasteiger partial charge is 0.456 e. The molecule has 36 heavy (non-hydrogen) atoms. The first kappa shape index (κ1) is 23.5. The Morgan fingerprint density at radius 2 is 1.36 bits per heavy atom. The summed E-state index contributed by atoms with van der Waals surface area (Å²) in [6, 6.07) is 15.5. The maximum absolute atomic E-state index is 8.55. The van der Waals surface area contributed by atoms with E-state index in [-0.39, 0.29) is 16.2 Å². The van der Waals surface area contributed by atoms with E-state index < -0.39 is 0 Å². The van der Waals surface area contributed by atoms with E-state index in [2.05, 4.69) is 98.7 Å². The van der Waals surface area contributed by atoms with Crippen LogP contribution < -0.4 is 4.74 Å². The Morgan fingerprint density at radius 1 is 0.722 bits per heavy atom. The Hall–Kier alpha value is -2.87. The van der Waals surface area contributed by atoms with E-state index in [1.807, 2.05) is 6.07 Å². The topological polar surface area (TPSA) is 22.1 Å². The minimum Gasteiger partial charge on any atom is -0.456 e. The molecule has 0 aliphatic carbocycles. The minimum atomic E-state index is 0.0872. The number of benzene rings is 3. The molecule has 0 fully saturated rings. The van der Waals surface area contributed by atoms with Crippen LogP contribution in [0.5, 0.6) is 11.5 Å². The Balaban J connectivity index is 1.80. The summed E-state index contributed by atoms with van der Waals surface area (Å²) in [6.07, 6.45) is 3.16. The molecular weight excluding hydrogens is 438 g/mol. The summed E-state index contributed by atoms with van der Waals surface area (Å²) < 4.78 is 15.4. The van der Waals surface area contributed by atoms with Crippen molar-refractivity contribution in [2.75, 3.05) is 0 Å². The summed E-state index contributed by atoms with van der Waals surface area (Å²) in [5.41, 5.74) is 6.16. The van der Waals surface area contributed by atoms with Gasteiger partial charge in [-0.15, -0.1) is 0 Å². The van der Waals surface area contributed by atoms with Crippen molar-refractivity contribution in [2.45, 2.75) is 81.6 Å². The Kier molecular flexibility index (Phi) is 5.44. The number of fused-ring (bicyclic) bond motifs is 3. The van der Waals surface area contributed by atoms with Gasteiger partial charge in [-0.2, -0.15) is 0 Å². The lowest BCUT2D eigenvalue weighted by atomic mass is 9.82. The number of rotatable bonds is 3. The van der Waals surface area contributed by atoms with Crippen LogP contribution in [0.2, 0.25) is 0 Å². The molecule has 0 bridgehead atoms. The van der Waals surface area contributed by atoms with Crippen molar-refractivity contribution in [1.29, 1.82) is 0 Å². The molecule has 1 aliphatic rings. The lowest BCUT2D eigenvalue weighted by molar-refractivity contribution is 0.398. The first-order valence-electron chi connectivity index (χ1n) is 13.8. The highest BCUT2D eigenvalue weighted by Crippen LogP contribution is 2.50. The quantitative estimate of drug-likeness (QED) is 0.256. The summed E-state index contributed by atoms with van der Waals surface area (Å²) in [4.78, 5) is 4.79. The Bertz CT molecular complexity index is 1530. The molecule has 0 atom stereocenters. The van der Waals surface area contributed by atoms with Crippen molar-refractivity contribution in [3.8, 4) is 22.8 Å². The highest BCUT2D eigenvalue weighted by atomic mass is 16.5. The molecule has 1 aliphatic heterocycles. The normalized spacial score (nSPS) is 14.1. The molecule has 188 valence electrons. The third-order valence-corrected chi connectivity index (χ3v) is 6.73. The van der Waals surface area contributed by atoms with E-state index >= 15 is 0 Å². The van der Waals surface area contributed by atoms with Crippen molar-refractivity contribution in [1.82, 2.24) is 4.98 Å². The maximum atomic E-state index is 8.55. The van der Waals surface area contributed by atoms with Gasteiger partial charge in [-0.25, -0.2) is 0 Å². The molecule has 0 amide bonds. The van der Waals surface area contributed by atoms with E-state index in [0.29, 0.717) is 6.17 Å². The molecule has 5 rings (SSSR count). The lowest BCUT2D eigenvalue weighted by Gasteiger charge is -2.28. The van der Waals surface area contributed by atoms with Crippen LogP contribution in [0.1, 0.15) is 80.4 Å². The first-order chi connectivity index (χ1) is 17.1. The van der Waals surface area contributed by atoms with Crippen LogP contribution in [0, 0.1) is 16.2 Å². The summed E-state index contributed by atoms with van der Waals surface area (Å²) in [5.74, 6) is 1.77. The van der Waals surface area contributed by atoms with Crippen LogP contribution in [0.4, 0.5) is 0 Å². The Labute approximate surface area is 218 Å².